The van der Waals surface area contributed by atoms with E-state index in [1.165, 1.54) is 21.2 Å². The van der Waals surface area contributed by atoms with Crippen molar-refractivity contribution in [3.63, 3.8) is 0 Å². The average Bonchev–Trinajstić information content (AvgIpc) is 3.34. The zero-order valence-electron chi connectivity index (χ0n) is 17.0. The number of aromatic amines is 1. The first-order valence-electron chi connectivity index (χ1n) is 10.0. The van der Waals surface area contributed by atoms with Crippen molar-refractivity contribution >= 4 is 34.4 Å². The Kier molecular flexibility index (Phi) is 6.46. The van der Waals surface area contributed by atoms with Crippen LogP contribution in [-0.2, 0) is 0 Å². The van der Waals surface area contributed by atoms with E-state index in [2.05, 4.69) is 142 Å². The van der Waals surface area contributed by atoms with Gasteiger partial charge in [0.05, 0.1) is 0 Å². The molecule has 0 aliphatic rings. The average molecular weight is 425 g/mol. The van der Waals surface area contributed by atoms with Gasteiger partial charge in [0.2, 0.25) is 5.95 Å². The van der Waals surface area contributed by atoms with Crippen LogP contribution in [0.1, 0.15) is 0 Å². The van der Waals surface area contributed by atoms with Crippen molar-refractivity contribution in [2.75, 3.05) is 5.73 Å². The number of anilines is 1. The molecule has 6 heteroatoms. The minimum atomic E-state index is -2.30. The number of H-pyrrole nitrogens is 1. The number of hydrogen-bond acceptors (Lipinski definition) is 4. The zero-order chi connectivity index (χ0) is 21.4. The van der Waals surface area contributed by atoms with E-state index in [1.807, 2.05) is 0 Å². The molecule has 3 N–H and O–H groups in total. The first-order valence-corrected chi connectivity index (χ1v) is 12.0. The summed E-state index contributed by atoms with van der Waals surface area (Å²) in [7, 11) is -2.30. The number of tetrazole rings is 1. The summed E-state index contributed by atoms with van der Waals surface area (Å²) in [6.07, 6.45) is 0. The monoisotopic (exact) mass is 425 g/mol. The van der Waals surface area contributed by atoms with E-state index < -0.39 is 7.26 Å². The molecule has 1 heterocycles. The third kappa shape index (κ3) is 4.37. The predicted molar refractivity (Wildman–Crippen MR) is 131 cm³/mol. The Morgan fingerprint density at radius 1 is 0.516 bits per heavy atom. The molecule has 0 unspecified atom stereocenters. The van der Waals surface area contributed by atoms with Gasteiger partial charge in [0.15, 0.2) is 0 Å². The third-order valence-electron chi connectivity index (χ3n) is 5.19. The van der Waals surface area contributed by atoms with Crippen LogP contribution in [0.15, 0.2) is 121 Å². The van der Waals surface area contributed by atoms with Crippen molar-refractivity contribution in [2.45, 2.75) is 0 Å². The number of nitrogens with one attached hydrogen (secondary N) is 1. The van der Waals surface area contributed by atoms with Crippen molar-refractivity contribution in [1.29, 1.82) is 0 Å². The summed E-state index contributed by atoms with van der Waals surface area (Å²) >= 11 is 0. The summed E-state index contributed by atoms with van der Waals surface area (Å²) in [5, 5.41) is 17.6. The Labute approximate surface area is 182 Å². The van der Waals surface area contributed by atoms with Crippen LogP contribution in [-0.4, -0.2) is 20.6 Å². The van der Waals surface area contributed by atoms with E-state index in [0.29, 0.717) is 0 Å². The Morgan fingerprint density at radius 2 is 0.839 bits per heavy atom. The molecule has 0 amide bonds. The first kappa shape index (κ1) is 20.5. The molecular weight excluding hydrogens is 401 g/mol. The molecule has 1 aromatic heterocycles. The van der Waals surface area contributed by atoms with Crippen LogP contribution in [0.25, 0.3) is 0 Å². The molecule has 0 aliphatic carbocycles. The SMILES string of the molecule is Nc1nnn[nH]1.c1ccc([PH](c2ccccc2)(c2ccccc2)c2ccccc2)cc1. The summed E-state index contributed by atoms with van der Waals surface area (Å²) in [6.45, 7) is 0. The quantitative estimate of drug-likeness (QED) is 0.434. The van der Waals surface area contributed by atoms with Gasteiger partial charge < -0.3 is 5.73 Å². The summed E-state index contributed by atoms with van der Waals surface area (Å²) in [6, 6.07) is 44.0. The Morgan fingerprint density at radius 3 is 1.03 bits per heavy atom. The maximum absolute atomic E-state index is 4.99. The topological polar surface area (TPSA) is 80.5 Å². The molecule has 0 aliphatic heterocycles. The van der Waals surface area contributed by atoms with Crippen LogP contribution in [0.2, 0.25) is 0 Å². The molecule has 5 aromatic rings. The Bertz CT molecular complexity index is 1000. The number of hydrogen-bond donors (Lipinski definition) is 2. The normalized spacial score (nSPS) is 11.2. The maximum atomic E-state index is 4.99. The molecule has 4 aromatic carbocycles. The van der Waals surface area contributed by atoms with Crippen LogP contribution in [0.3, 0.4) is 0 Å². The number of nitrogens with zero attached hydrogens (tertiary/aromatic N) is 3. The molecule has 0 atom stereocenters. The second-order valence-corrected chi connectivity index (χ2v) is 10.8. The second kappa shape index (κ2) is 9.79. The van der Waals surface area contributed by atoms with E-state index in [9.17, 15) is 0 Å². The van der Waals surface area contributed by atoms with E-state index in [-0.39, 0.29) is 5.95 Å². The zero-order valence-corrected chi connectivity index (χ0v) is 18.0. The number of rotatable bonds is 4. The van der Waals surface area contributed by atoms with Gasteiger partial charge >= 0.3 is 150 Å². The van der Waals surface area contributed by atoms with E-state index in [4.69, 9.17) is 5.73 Å². The van der Waals surface area contributed by atoms with Gasteiger partial charge in [-0.05, 0) is 10.4 Å². The van der Waals surface area contributed by atoms with Gasteiger partial charge in [-0.25, -0.2) is 5.10 Å². The Balaban J connectivity index is 0.000000334. The van der Waals surface area contributed by atoms with Gasteiger partial charge in [-0.15, -0.1) is 0 Å². The molecule has 0 bridgehead atoms. The van der Waals surface area contributed by atoms with Gasteiger partial charge in [0.1, 0.15) is 0 Å². The van der Waals surface area contributed by atoms with Crippen LogP contribution < -0.4 is 27.0 Å². The molecule has 5 rings (SSSR count). The summed E-state index contributed by atoms with van der Waals surface area (Å²) in [5.41, 5.74) is 4.99. The number of nitrogen functional groups attached to an aromatic ring is 1. The van der Waals surface area contributed by atoms with Crippen molar-refractivity contribution in [2.24, 2.45) is 0 Å². The van der Waals surface area contributed by atoms with Crippen LogP contribution >= 0.6 is 7.26 Å². The van der Waals surface area contributed by atoms with Gasteiger partial charge in [-0.1, -0.05) is 5.10 Å². The molecule has 0 saturated heterocycles. The van der Waals surface area contributed by atoms with Crippen LogP contribution in [0, 0.1) is 0 Å². The van der Waals surface area contributed by atoms with Crippen LogP contribution in [0.5, 0.6) is 0 Å². The van der Waals surface area contributed by atoms with Gasteiger partial charge in [-0.3, -0.25) is 0 Å². The summed E-state index contributed by atoms with van der Waals surface area (Å²) < 4.78 is 0. The second-order valence-electron chi connectivity index (χ2n) is 7.00. The van der Waals surface area contributed by atoms with Gasteiger partial charge in [-0.2, -0.15) is 0 Å². The number of aromatic nitrogens is 4. The molecular formula is C25H24N5P. The van der Waals surface area contributed by atoms with Gasteiger partial charge in [0, 0.05) is 0 Å². The van der Waals surface area contributed by atoms with Crippen molar-refractivity contribution in [3.05, 3.63) is 121 Å². The van der Waals surface area contributed by atoms with E-state index in [1.54, 1.807) is 0 Å². The van der Waals surface area contributed by atoms with Gasteiger partial charge in [0.25, 0.3) is 0 Å². The molecule has 0 saturated carbocycles. The van der Waals surface area contributed by atoms with E-state index in [0.717, 1.165) is 0 Å². The first-order chi connectivity index (χ1) is 15.3. The molecule has 0 spiro atoms. The molecule has 0 radical (unpaired) electrons. The fraction of sp³-hybridized carbons (Fsp3) is 0. The van der Waals surface area contributed by atoms with E-state index >= 15 is 0 Å². The molecule has 31 heavy (non-hydrogen) atoms. The fourth-order valence-electron chi connectivity index (χ4n) is 3.92. The fourth-order valence-corrected chi connectivity index (χ4v) is 8.69. The standard InChI is InChI=1S/C24H21P.CH3N5/c1-5-13-21(14-6-1)25(22-15-7-2-8-16-22,23-17-9-3-10-18-23)24-19-11-4-12-20-24;2-1-3-5-6-4-1/h1-20,25H;(H3,2,3,4,5,6). The van der Waals surface area contributed by atoms with Crippen molar-refractivity contribution in [1.82, 2.24) is 20.6 Å². The Hall–Kier alpha value is -3.82. The minimum absolute atomic E-state index is 0.245. The van der Waals surface area contributed by atoms with Crippen molar-refractivity contribution in [3.8, 4) is 0 Å². The molecule has 5 nitrogen and oxygen atoms in total. The summed E-state index contributed by atoms with van der Waals surface area (Å²) in [4.78, 5) is 0. The molecule has 154 valence electrons. The predicted octanol–water partition coefficient (Wildman–Crippen LogP) is 2.82. The summed E-state index contributed by atoms with van der Waals surface area (Å²) in [5.74, 6) is 0.245. The van der Waals surface area contributed by atoms with Crippen LogP contribution in [0.4, 0.5) is 5.95 Å². The molecule has 0 fully saturated rings. The third-order valence-corrected chi connectivity index (χ3v) is 9.99. The van der Waals surface area contributed by atoms with Crippen molar-refractivity contribution < 1.29 is 0 Å². The number of benzene rings is 4. The number of nitrogens with two attached hydrogens (primary N) is 1.